The van der Waals surface area contributed by atoms with Crippen LogP contribution in [0.15, 0.2) is 36.7 Å². The minimum Gasteiger partial charge on any atom is -0.406 e. The first-order valence-corrected chi connectivity index (χ1v) is 7.06. The lowest BCUT2D eigenvalue weighted by molar-refractivity contribution is -0.274. The zero-order valence-corrected chi connectivity index (χ0v) is 13.1. The lowest BCUT2D eigenvalue weighted by Crippen LogP contribution is -2.35. The fourth-order valence-corrected chi connectivity index (χ4v) is 2.14. The molecule has 1 atom stereocenters. The molecule has 2 aromatic rings. The number of benzene rings is 1. The van der Waals surface area contributed by atoms with Gasteiger partial charge >= 0.3 is 6.36 Å². The summed E-state index contributed by atoms with van der Waals surface area (Å²) in [5.41, 5.74) is 1.37. The molecule has 0 spiro atoms. The quantitative estimate of drug-likeness (QED) is 0.841. The summed E-state index contributed by atoms with van der Waals surface area (Å²) < 4.78 is 41.7. The van der Waals surface area contributed by atoms with Gasteiger partial charge in [0, 0.05) is 25.4 Å². The molecule has 0 radical (unpaired) electrons. The fraction of sp³-hybridized carbons (Fsp3) is 0.333. The third-order valence-electron chi connectivity index (χ3n) is 3.23. The number of ether oxygens (including phenoxy) is 1. The van der Waals surface area contributed by atoms with Gasteiger partial charge in [-0.2, -0.15) is 5.10 Å². The Morgan fingerprint density at radius 2 is 2.00 bits per heavy atom. The van der Waals surface area contributed by atoms with Crippen molar-refractivity contribution < 1.29 is 22.7 Å². The predicted molar refractivity (Wildman–Crippen MR) is 80.0 cm³/mol. The molecule has 0 aliphatic rings. The van der Waals surface area contributed by atoms with Crippen LogP contribution in [-0.2, 0) is 18.4 Å². The number of nitrogens with one attached hydrogen (secondary N) is 2. The number of halogens is 3. The average molecular weight is 342 g/mol. The first-order chi connectivity index (χ1) is 11.3. The molecule has 0 saturated heterocycles. The number of hydrogen-bond acceptors (Lipinski definition) is 4. The van der Waals surface area contributed by atoms with Gasteiger partial charge in [0.25, 0.3) is 0 Å². The highest BCUT2D eigenvalue weighted by atomic mass is 19.4. The molecule has 0 fully saturated rings. The Morgan fingerprint density at radius 3 is 2.50 bits per heavy atom. The van der Waals surface area contributed by atoms with E-state index in [4.69, 9.17) is 0 Å². The van der Waals surface area contributed by atoms with E-state index in [1.807, 2.05) is 0 Å². The van der Waals surface area contributed by atoms with E-state index in [9.17, 15) is 18.0 Å². The maximum Gasteiger partial charge on any atom is 0.573 e. The van der Waals surface area contributed by atoms with Crippen LogP contribution in [0, 0.1) is 0 Å². The van der Waals surface area contributed by atoms with Gasteiger partial charge in [0.05, 0.1) is 6.20 Å². The van der Waals surface area contributed by atoms with Gasteiger partial charge in [0.1, 0.15) is 11.8 Å². The number of nitrogens with zero attached hydrogens (tertiary/aromatic N) is 2. The molecule has 2 rings (SSSR count). The van der Waals surface area contributed by atoms with Crippen molar-refractivity contribution in [1.82, 2.24) is 20.4 Å². The van der Waals surface area contributed by atoms with Crippen LogP contribution < -0.4 is 15.4 Å². The van der Waals surface area contributed by atoms with E-state index in [0.717, 1.165) is 0 Å². The Hall–Kier alpha value is -2.55. The Morgan fingerprint density at radius 1 is 1.33 bits per heavy atom. The molecule has 130 valence electrons. The summed E-state index contributed by atoms with van der Waals surface area (Å²) in [6.07, 6.45) is -1.41. The second kappa shape index (κ2) is 7.35. The molecule has 0 bridgehead atoms. The molecule has 24 heavy (non-hydrogen) atoms. The molecule has 0 aliphatic heterocycles. The van der Waals surface area contributed by atoms with E-state index in [0.29, 0.717) is 11.1 Å². The Balaban J connectivity index is 1.93. The summed E-state index contributed by atoms with van der Waals surface area (Å²) in [5, 5.41) is 9.63. The zero-order valence-electron chi connectivity index (χ0n) is 13.1. The van der Waals surface area contributed by atoms with Gasteiger partial charge in [-0.3, -0.25) is 9.48 Å². The highest BCUT2D eigenvalue weighted by Crippen LogP contribution is 2.22. The molecule has 1 amide bonds. The molecular weight excluding hydrogens is 325 g/mol. The van der Waals surface area contributed by atoms with Crippen LogP contribution in [0.5, 0.6) is 5.75 Å². The molecule has 2 N–H and O–H groups in total. The van der Waals surface area contributed by atoms with E-state index in [2.05, 4.69) is 20.5 Å². The first-order valence-electron chi connectivity index (χ1n) is 7.06. The van der Waals surface area contributed by atoms with E-state index in [-0.39, 0.29) is 18.2 Å². The van der Waals surface area contributed by atoms with E-state index in [1.54, 1.807) is 31.2 Å². The zero-order chi connectivity index (χ0) is 17.7. The Bertz CT molecular complexity index is 683. The van der Waals surface area contributed by atoms with Crippen molar-refractivity contribution in [2.75, 3.05) is 7.05 Å². The predicted octanol–water partition coefficient (Wildman–Crippen LogP) is 1.90. The molecular formula is C15H17F3N4O2. The van der Waals surface area contributed by atoms with Crippen molar-refractivity contribution in [3.63, 3.8) is 0 Å². The van der Waals surface area contributed by atoms with Crippen molar-refractivity contribution in [2.45, 2.75) is 18.9 Å². The number of likely N-dealkylation sites (N-methyl/N-ethyl adjacent to an activating group) is 1. The van der Waals surface area contributed by atoms with Crippen molar-refractivity contribution >= 4 is 5.91 Å². The lowest BCUT2D eigenvalue weighted by Gasteiger charge is -2.15. The van der Waals surface area contributed by atoms with Crippen LogP contribution in [0.1, 0.15) is 17.2 Å². The Labute approximate surface area is 136 Å². The van der Waals surface area contributed by atoms with E-state index in [1.165, 1.54) is 24.3 Å². The number of hydrogen-bond donors (Lipinski definition) is 2. The molecule has 1 unspecified atom stereocenters. The summed E-state index contributed by atoms with van der Waals surface area (Å²) in [6.45, 7) is 0.184. The summed E-state index contributed by atoms with van der Waals surface area (Å²) in [5.74, 6) is -0.567. The number of alkyl halides is 3. The van der Waals surface area contributed by atoms with Gasteiger partial charge < -0.3 is 15.4 Å². The summed E-state index contributed by atoms with van der Waals surface area (Å²) in [6, 6.07) is 4.75. The topological polar surface area (TPSA) is 68.2 Å². The van der Waals surface area contributed by atoms with Crippen LogP contribution in [0.25, 0.3) is 0 Å². The third kappa shape index (κ3) is 4.98. The summed E-state index contributed by atoms with van der Waals surface area (Å²) >= 11 is 0. The number of rotatable bonds is 6. The van der Waals surface area contributed by atoms with Crippen LogP contribution in [0.2, 0.25) is 0 Å². The van der Waals surface area contributed by atoms with Crippen LogP contribution in [-0.4, -0.2) is 29.1 Å². The number of aryl methyl sites for hydroxylation is 1. The number of carbonyl (C=O) groups excluding carboxylic acids is 1. The van der Waals surface area contributed by atoms with Gasteiger partial charge in [-0.1, -0.05) is 12.1 Å². The standard InChI is InChI=1S/C15H17F3N4O2/c1-19-13(11-8-21-22(2)9-11)14(23)20-7-10-3-5-12(6-4-10)24-15(16,17)18/h3-6,8-9,13,19H,7H2,1-2H3,(H,20,23). The maximum absolute atomic E-state index is 12.2. The first kappa shape index (κ1) is 17.8. The van der Waals surface area contributed by atoms with Crippen LogP contribution in [0.4, 0.5) is 13.2 Å². The molecule has 1 heterocycles. The minimum atomic E-state index is -4.72. The highest BCUT2D eigenvalue weighted by molar-refractivity contribution is 5.83. The largest absolute Gasteiger partial charge is 0.573 e. The summed E-state index contributed by atoms with van der Waals surface area (Å²) in [4.78, 5) is 12.2. The molecule has 1 aromatic carbocycles. The monoisotopic (exact) mass is 342 g/mol. The molecule has 1 aromatic heterocycles. The maximum atomic E-state index is 12.2. The normalized spacial score (nSPS) is 12.7. The lowest BCUT2D eigenvalue weighted by atomic mass is 10.1. The van der Waals surface area contributed by atoms with Crippen molar-refractivity contribution in [3.05, 3.63) is 47.8 Å². The average Bonchev–Trinajstić information content (AvgIpc) is 2.92. The summed E-state index contributed by atoms with van der Waals surface area (Å²) in [7, 11) is 3.40. The van der Waals surface area contributed by atoms with Crippen molar-refractivity contribution in [3.8, 4) is 5.75 Å². The van der Waals surface area contributed by atoms with Gasteiger partial charge in [-0.05, 0) is 24.7 Å². The second-order valence-electron chi connectivity index (χ2n) is 5.08. The SMILES string of the molecule is CNC(C(=O)NCc1ccc(OC(F)(F)F)cc1)c1cnn(C)c1. The number of aromatic nitrogens is 2. The highest BCUT2D eigenvalue weighted by Gasteiger charge is 2.30. The van der Waals surface area contributed by atoms with Gasteiger partial charge in [-0.15, -0.1) is 13.2 Å². The van der Waals surface area contributed by atoms with Gasteiger partial charge in [0.2, 0.25) is 5.91 Å². The third-order valence-corrected chi connectivity index (χ3v) is 3.23. The molecule has 0 saturated carbocycles. The van der Waals surface area contributed by atoms with Crippen LogP contribution >= 0.6 is 0 Å². The smallest absolute Gasteiger partial charge is 0.406 e. The van der Waals surface area contributed by atoms with E-state index < -0.39 is 12.4 Å². The molecule has 9 heteroatoms. The number of amides is 1. The minimum absolute atomic E-state index is 0.184. The van der Waals surface area contributed by atoms with Crippen molar-refractivity contribution in [2.24, 2.45) is 7.05 Å². The van der Waals surface area contributed by atoms with Gasteiger partial charge in [-0.25, -0.2) is 0 Å². The van der Waals surface area contributed by atoms with E-state index >= 15 is 0 Å². The van der Waals surface area contributed by atoms with Gasteiger partial charge in [0.15, 0.2) is 0 Å². The number of carbonyl (C=O) groups is 1. The van der Waals surface area contributed by atoms with Crippen LogP contribution in [0.3, 0.4) is 0 Å². The molecule has 0 aliphatic carbocycles. The Kier molecular flexibility index (Phi) is 5.45. The molecule has 6 nitrogen and oxygen atoms in total. The fourth-order valence-electron chi connectivity index (χ4n) is 2.14. The second-order valence-corrected chi connectivity index (χ2v) is 5.08. The van der Waals surface area contributed by atoms with Crippen molar-refractivity contribution in [1.29, 1.82) is 0 Å².